The van der Waals surface area contributed by atoms with Crippen molar-refractivity contribution in [3.63, 3.8) is 0 Å². The van der Waals surface area contributed by atoms with Crippen molar-refractivity contribution < 1.29 is 4.74 Å². The van der Waals surface area contributed by atoms with Crippen LogP contribution in [-0.4, -0.2) is 19.2 Å². The molecule has 0 aliphatic heterocycles. The van der Waals surface area contributed by atoms with Gasteiger partial charge in [-0.1, -0.05) is 19.1 Å². The fraction of sp³-hybridized carbons (Fsp3) is 0.538. The molecule has 1 rings (SSSR count). The van der Waals surface area contributed by atoms with Crippen molar-refractivity contribution in [1.82, 2.24) is 5.32 Å². The van der Waals surface area contributed by atoms with Gasteiger partial charge in [-0.3, -0.25) is 0 Å². The summed E-state index contributed by atoms with van der Waals surface area (Å²) in [6.07, 6.45) is 1.07. The molecule has 0 fully saturated rings. The van der Waals surface area contributed by atoms with E-state index in [1.54, 1.807) is 0 Å². The zero-order valence-corrected chi connectivity index (χ0v) is 10.1. The highest BCUT2D eigenvalue weighted by Gasteiger charge is 2.18. The maximum absolute atomic E-state index is 5.88. The van der Waals surface area contributed by atoms with Gasteiger partial charge in [-0.2, -0.15) is 0 Å². The SMILES string of the molecule is CCc1ccc(OC(C)(C)CNC)cc1. The van der Waals surface area contributed by atoms with E-state index in [2.05, 4.69) is 38.2 Å². The van der Waals surface area contributed by atoms with Gasteiger partial charge in [0.1, 0.15) is 11.4 Å². The summed E-state index contributed by atoms with van der Waals surface area (Å²) >= 11 is 0. The van der Waals surface area contributed by atoms with Gasteiger partial charge in [-0.05, 0) is 45.0 Å². The third-order valence-electron chi connectivity index (χ3n) is 2.33. The van der Waals surface area contributed by atoms with Crippen LogP contribution in [0.1, 0.15) is 26.3 Å². The van der Waals surface area contributed by atoms with Gasteiger partial charge in [0.05, 0.1) is 0 Å². The summed E-state index contributed by atoms with van der Waals surface area (Å²) in [6, 6.07) is 8.31. The normalized spacial score (nSPS) is 11.5. The monoisotopic (exact) mass is 207 g/mol. The van der Waals surface area contributed by atoms with Gasteiger partial charge in [-0.15, -0.1) is 0 Å². The van der Waals surface area contributed by atoms with Crippen molar-refractivity contribution >= 4 is 0 Å². The fourth-order valence-electron chi connectivity index (χ4n) is 1.57. The third-order valence-corrected chi connectivity index (χ3v) is 2.33. The van der Waals surface area contributed by atoms with Crippen molar-refractivity contribution in [2.75, 3.05) is 13.6 Å². The predicted molar refractivity (Wildman–Crippen MR) is 64.5 cm³/mol. The van der Waals surface area contributed by atoms with Crippen LogP contribution in [0.15, 0.2) is 24.3 Å². The summed E-state index contributed by atoms with van der Waals surface area (Å²) in [7, 11) is 1.94. The molecule has 0 radical (unpaired) electrons. The van der Waals surface area contributed by atoms with Gasteiger partial charge in [0.25, 0.3) is 0 Å². The highest BCUT2D eigenvalue weighted by Crippen LogP contribution is 2.18. The lowest BCUT2D eigenvalue weighted by molar-refractivity contribution is 0.110. The summed E-state index contributed by atoms with van der Waals surface area (Å²) in [5, 5.41) is 3.13. The molecular formula is C13H21NO. The second-order valence-electron chi connectivity index (χ2n) is 4.39. The van der Waals surface area contributed by atoms with E-state index in [9.17, 15) is 0 Å². The number of likely N-dealkylation sites (N-methyl/N-ethyl adjacent to an activating group) is 1. The quantitative estimate of drug-likeness (QED) is 0.801. The van der Waals surface area contributed by atoms with Crippen LogP contribution in [0, 0.1) is 0 Å². The second kappa shape index (κ2) is 5.17. The molecule has 0 amide bonds. The van der Waals surface area contributed by atoms with Crippen LogP contribution in [0.4, 0.5) is 0 Å². The average molecular weight is 207 g/mol. The average Bonchev–Trinajstić information content (AvgIpc) is 2.18. The molecule has 0 saturated carbocycles. The molecule has 0 atom stereocenters. The van der Waals surface area contributed by atoms with Gasteiger partial charge in [0, 0.05) is 6.54 Å². The van der Waals surface area contributed by atoms with E-state index in [-0.39, 0.29) is 5.60 Å². The van der Waals surface area contributed by atoms with Crippen LogP contribution >= 0.6 is 0 Å². The summed E-state index contributed by atoms with van der Waals surface area (Å²) in [5.41, 5.74) is 1.18. The molecule has 0 bridgehead atoms. The molecule has 1 aromatic rings. The van der Waals surface area contributed by atoms with E-state index < -0.39 is 0 Å². The molecule has 0 aliphatic rings. The van der Waals surface area contributed by atoms with E-state index >= 15 is 0 Å². The Hall–Kier alpha value is -1.02. The maximum atomic E-state index is 5.88. The van der Waals surface area contributed by atoms with Crippen LogP contribution in [0.25, 0.3) is 0 Å². The molecular weight excluding hydrogens is 186 g/mol. The minimum absolute atomic E-state index is 0.164. The van der Waals surface area contributed by atoms with E-state index in [1.165, 1.54) is 5.56 Å². The van der Waals surface area contributed by atoms with Gasteiger partial charge in [-0.25, -0.2) is 0 Å². The van der Waals surface area contributed by atoms with Crippen molar-refractivity contribution in [2.24, 2.45) is 0 Å². The Bertz CT molecular complexity index is 290. The standard InChI is InChI=1S/C13H21NO/c1-5-11-6-8-12(9-7-11)15-13(2,3)10-14-4/h6-9,14H,5,10H2,1-4H3. The zero-order valence-electron chi connectivity index (χ0n) is 10.1. The van der Waals surface area contributed by atoms with E-state index in [1.807, 2.05) is 19.2 Å². The minimum atomic E-state index is -0.164. The topological polar surface area (TPSA) is 21.3 Å². The third kappa shape index (κ3) is 3.92. The number of ether oxygens (including phenoxy) is 1. The molecule has 0 unspecified atom stereocenters. The molecule has 1 N–H and O–H groups in total. The summed E-state index contributed by atoms with van der Waals surface area (Å²) in [6.45, 7) is 7.15. The van der Waals surface area contributed by atoms with Gasteiger partial charge in [0.15, 0.2) is 0 Å². The summed E-state index contributed by atoms with van der Waals surface area (Å²) in [4.78, 5) is 0. The molecule has 1 aromatic carbocycles. The lowest BCUT2D eigenvalue weighted by atomic mass is 10.1. The van der Waals surface area contributed by atoms with Crippen molar-refractivity contribution in [3.05, 3.63) is 29.8 Å². The summed E-state index contributed by atoms with van der Waals surface area (Å²) < 4.78 is 5.88. The predicted octanol–water partition coefficient (Wildman–Crippen LogP) is 2.63. The van der Waals surface area contributed by atoms with E-state index in [0.29, 0.717) is 0 Å². The van der Waals surface area contributed by atoms with Crippen LogP contribution in [0.3, 0.4) is 0 Å². The van der Waals surface area contributed by atoms with E-state index in [4.69, 9.17) is 4.74 Å². The van der Waals surface area contributed by atoms with Crippen LogP contribution < -0.4 is 10.1 Å². The Morgan fingerprint density at radius 3 is 2.27 bits per heavy atom. The molecule has 0 spiro atoms. The smallest absolute Gasteiger partial charge is 0.120 e. The van der Waals surface area contributed by atoms with Gasteiger partial charge in [0.2, 0.25) is 0 Å². The van der Waals surface area contributed by atoms with Crippen molar-refractivity contribution in [3.8, 4) is 5.75 Å². The molecule has 0 aliphatic carbocycles. The number of hydrogen-bond acceptors (Lipinski definition) is 2. The highest BCUT2D eigenvalue weighted by molar-refractivity contribution is 5.27. The lowest BCUT2D eigenvalue weighted by Crippen LogP contribution is -2.38. The van der Waals surface area contributed by atoms with Crippen molar-refractivity contribution in [1.29, 1.82) is 0 Å². The Kier molecular flexibility index (Phi) is 4.15. The first-order valence-corrected chi connectivity index (χ1v) is 5.50. The molecule has 15 heavy (non-hydrogen) atoms. The largest absolute Gasteiger partial charge is 0.487 e. The molecule has 84 valence electrons. The van der Waals surface area contributed by atoms with Gasteiger partial charge < -0.3 is 10.1 Å². The first-order chi connectivity index (χ1) is 7.07. The Morgan fingerprint density at radius 2 is 1.80 bits per heavy atom. The zero-order chi connectivity index (χ0) is 11.3. The van der Waals surface area contributed by atoms with Crippen LogP contribution in [-0.2, 0) is 6.42 Å². The molecule has 0 aromatic heterocycles. The highest BCUT2D eigenvalue weighted by atomic mass is 16.5. The molecule has 2 nitrogen and oxygen atoms in total. The van der Waals surface area contributed by atoms with E-state index in [0.717, 1.165) is 18.7 Å². The van der Waals surface area contributed by atoms with Gasteiger partial charge >= 0.3 is 0 Å². The van der Waals surface area contributed by atoms with Crippen LogP contribution in [0.5, 0.6) is 5.75 Å². The minimum Gasteiger partial charge on any atom is -0.487 e. The number of aryl methyl sites for hydroxylation is 1. The number of rotatable bonds is 5. The molecule has 2 heteroatoms. The summed E-state index contributed by atoms with van der Waals surface area (Å²) in [5.74, 6) is 0.937. The lowest BCUT2D eigenvalue weighted by Gasteiger charge is -2.26. The molecule has 0 heterocycles. The second-order valence-corrected chi connectivity index (χ2v) is 4.39. The first kappa shape index (κ1) is 12.1. The number of hydrogen-bond donors (Lipinski definition) is 1. The first-order valence-electron chi connectivity index (χ1n) is 5.50. The molecule has 0 saturated heterocycles. The van der Waals surface area contributed by atoms with Crippen LogP contribution in [0.2, 0.25) is 0 Å². The fourth-order valence-corrected chi connectivity index (χ4v) is 1.57. The maximum Gasteiger partial charge on any atom is 0.120 e. The van der Waals surface area contributed by atoms with Crippen molar-refractivity contribution in [2.45, 2.75) is 32.8 Å². The number of benzene rings is 1. The Labute approximate surface area is 92.6 Å². The Morgan fingerprint density at radius 1 is 1.20 bits per heavy atom. The Balaban J connectivity index is 2.64. The number of nitrogens with one attached hydrogen (secondary N) is 1.